The monoisotopic (exact) mass is 311 g/mol. The van der Waals surface area contributed by atoms with Crippen LogP contribution in [0, 0.1) is 0 Å². The molecule has 20 heavy (non-hydrogen) atoms. The van der Waals surface area contributed by atoms with Gasteiger partial charge >= 0.3 is 0 Å². The number of pyridine rings is 1. The van der Waals surface area contributed by atoms with Crippen molar-refractivity contribution in [2.75, 3.05) is 14.1 Å². The summed E-state index contributed by atoms with van der Waals surface area (Å²) in [4.78, 5) is 5.35. The summed E-state index contributed by atoms with van der Waals surface area (Å²) < 4.78 is 26.5. The highest BCUT2D eigenvalue weighted by atomic mass is 32.2. The van der Waals surface area contributed by atoms with Crippen molar-refractivity contribution in [1.29, 1.82) is 0 Å². The SMILES string of the molecule is CNCc1sccc1S(=O)(=O)N(C)Cc1ccccn1. The molecular weight excluding hydrogens is 294 g/mol. The quantitative estimate of drug-likeness (QED) is 0.882. The maximum atomic E-state index is 12.6. The standard InChI is InChI=1S/C13H17N3O2S2/c1-14-9-12-13(6-8-19-12)20(17,18)16(2)10-11-5-3-4-7-15-11/h3-8,14H,9-10H2,1-2H3. The third-order valence-corrected chi connectivity index (χ3v) is 5.78. The van der Waals surface area contributed by atoms with Gasteiger partial charge in [-0.05, 0) is 30.6 Å². The Labute approximate surface area is 123 Å². The molecule has 2 rings (SSSR count). The molecule has 0 atom stereocenters. The molecule has 2 heterocycles. The molecule has 0 amide bonds. The Hall–Kier alpha value is -1.28. The van der Waals surface area contributed by atoms with Gasteiger partial charge in [0.2, 0.25) is 10.0 Å². The maximum absolute atomic E-state index is 12.6. The zero-order valence-corrected chi connectivity index (χ0v) is 13.0. The van der Waals surface area contributed by atoms with E-state index < -0.39 is 10.0 Å². The Morgan fingerprint density at radius 2 is 2.15 bits per heavy atom. The highest BCUT2D eigenvalue weighted by molar-refractivity contribution is 7.89. The van der Waals surface area contributed by atoms with E-state index in [4.69, 9.17) is 0 Å². The van der Waals surface area contributed by atoms with Gasteiger partial charge in [0.15, 0.2) is 0 Å². The van der Waals surface area contributed by atoms with E-state index in [9.17, 15) is 8.42 Å². The van der Waals surface area contributed by atoms with Crippen LogP contribution in [0.5, 0.6) is 0 Å². The normalized spacial score (nSPS) is 11.9. The second-order valence-electron chi connectivity index (χ2n) is 4.32. The van der Waals surface area contributed by atoms with Crippen LogP contribution in [0.15, 0.2) is 40.7 Å². The smallest absolute Gasteiger partial charge is 0.244 e. The summed E-state index contributed by atoms with van der Waals surface area (Å²) in [5.41, 5.74) is 0.726. The third-order valence-electron chi connectivity index (χ3n) is 2.84. The minimum Gasteiger partial charge on any atom is -0.315 e. The van der Waals surface area contributed by atoms with Crippen LogP contribution in [0.1, 0.15) is 10.6 Å². The number of rotatable bonds is 6. The van der Waals surface area contributed by atoms with E-state index in [1.165, 1.54) is 15.6 Å². The zero-order chi connectivity index (χ0) is 14.6. The van der Waals surface area contributed by atoms with E-state index in [0.717, 1.165) is 10.6 Å². The van der Waals surface area contributed by atoms with Crippen molar-refractivity contribution in [3.05, 3.63) is 46.4 Å². The summed E-state index contributed by atoms with van der Waals surface area (Å²) >= 11 is 1.44. The first-order valence-corrected chi connectivity index (χ1v) is 8.45. The molecule has 1 N–H and O–H groups in total. The highest BCUT2D eigenvalue weighted by Crippen LogP contribution is 2.25. The summed E-state index contributed by atoms with van der Waals surface area (Å²) in [5, 5.41) is 4.79. The molecule has 0 aromatic carbocycles. The fraction of sp³-hybridized carbons (Fsp3) is 0.308. The second-order valence-corrected chi connectivity index (χ2v) is 7.33. The molecule has 0 spiro atoms. The second kappa shape index (κ2) is 6.45. The van der Waals surface area contributed by atoms with Gasteiger partial charge in [0.1, 0.15) is 0 Å². The Bertz CT molecular complexity index is 653. The van der Waals surface area contributed by atoms with Crippen molar-refractivity contribution < 1.29 is 8.42 Å². The van der Waals surface area contributed by atoms with Gasteiger partial charge in [-0.2, -0.15) is 4.31 Å². The molecule has 2 aromatic heterocycles. The summed E-state index contributed by atoms with van der Waals surface area (Å²) in [6.07, 6.45) is 1.66. The van der Waals surface area contributed by atoms with Crippen LogP contribution < -0.4 is 5.32 Å². The van der Waals surface area contributed by atoms with Crippen LogP contribution in [-0.2, 0) is 23.1 Å². The lowest BCUT2D eigenvalue weighted by atomic mass is 10.3. The molecule has 0 bridgehead atoms. The van der Waals surface area contributed by atoms with Gasteiger partial charge in [0.05, 0.1) is 17.1 Å². The Balaban J connectivity index is 2.23. The molecule has 0 saturated heterocycles. The number of hydrogen-bond donors (Lipinski definition) is 1. The molecule has 2 aromatic rings. The average molecular weight is 311 g/mol. The van der Waals surface area contributed by atoms with Gasteiger partial charge in [0, 0.05) is 24.7 Å². The first-order valence-electron chi connectivity index (χ1n) is 6.13. The maximum Gasteiger partial charge on any atom is 0.244 e. The van der Waals surface area contributed by atoms with E-state index in [-0.39, 0.29) is 6.54 Å². The van der Waals surface area contributed by atoms with E-state index in [1.807, 2.05) is 18.2 Å². The molecule has 0 radical (unpaired) electrons. The predicted octanol–water partition coefficient (Wildman–Crippen LogP) is 1.68. The Morgan fingerprint density at radius 1 is 1.35 bits per heavy atom. The topological polar surface area (TPSA) is 62.3 Å². The number of aromatic nitrogens is 1. The van der Waals surface area contributed by atoms with Crippen LogP contribution in [0.4, 0.5) is 0 Å². The first-order chi connectivity index (χ1) is 9.55. The van der Waals surface area contributed by atoms with Crippen LogP contribution in [0.3, 0.4) is 0 Å². The lowest BCUT2D eigenvalue weighted by Crippen LogP contribution is -2.27. The van der Waals surface area contributed by atoms with Gasteiger partial charge < -0.3 is 5.32 Å². The summed E-state index contributed by atoms with van der Waals surface area (Å²) in [6.45, 7) is 0.807. The van der Waals surface area contributed by atoms with E-state index in [0.29, 0.717) is 11.4 Å². The predicted molar refractivity (Wildman–Crippen MR) is 80.0 cm³/mol. The van der Waals surface area contributed by atoms with Crippen molar-refractivity contribution >= 4 is 21.4 Å². The van der Waals surface area contributed by atoms with E-state index in [1.54, 1.807) is 31.7 Å². The molecule has 0 fully saturated rings. The average Bonchev–Trinajstić information content (AvgIpc) is 2.89. The van der Waals surface area contributed by atoms with Gasteiger partial charge in [-0.3, -0.25) is 4.98 Å². The summed E-state index contributed by atoms with van der Waals surface area (Å²) in [5.74, 6) is 0. The van der Waals surface area contributed by atoms with Crippen LogP contribution >= 0.6 is 11.3 Å². The van der Waals surface area contributed by atoms with Crippen molar-refractivity contribution in [2.24, 2.45) is 0 Å². The first kappa shape index (κ1) is 15.1. The summed E-state index contributed by atoms with van der Waals surface area (Å²) in [6, 6.07) is 7.12. The van der Waals surface area contributed by atoms with Crippen molar-refractivity contribution in [1.82, 2.24) is 14.6 Å². The third kappa shape index (κ3) is 3.24. The number of sulfonamides is 1. The number of nitrogens with one attached hydrogen (secondary N) is 1. The minimum absolute atomic E-state index is 0.262. The van der Waals surface area contributed by atoms with Crippen molar-refractivity contribution in [3.8, 4) is 0 Å². The Morgan fingerprint density at radius 3 is 2.80 bits per heavy atom. The summed E-state index contributed by atoms with van der Waals surface area (Å²) in [7, 11) is -0.109. The largest absolute Gasteiger partial charge is 0.315 e. The van der Waals surface area contributed by atoms with Crippen LogP contribution in [-0.4, -0.2) is 31.8 Å². The Kier molecular flexibility index (Phi) is 4.87. The number of nitrogens with zero attached hydrogens (tertiary/aromatic N) is 2. The molecule has 0 unspecified atom stereocenters. The lowest BCUT2D eigenvalue weighted by molar-refractivity contribution is 0.461. The number of hydrogen-bond acceptors (Lipinski definition) is 5. The molecule has 0 aliphatic heterocycles. The van der Waals surface area contributed by atoms with Crippen molar-refractivity contribution in [2.45, 2.75) is 18.0 Å². The van der Waals surface area contributed by atoms with Gasteiger partial charge in [-0.1, -0.05) is 6.07 Å². The van der Waals surface area contributed by atoms with Gasteiger partial charge in [0.25, 0.3) is 0 Å². The molecule has 0 aliphatic carbocycles. The fourth-order valence-corrected chi connectivity index (χ4v) is 4.39. The molecule has 108 valence electrons. The van der Waals surface area contributed by atoms with E-state index in [2.05, 4.69) is 10.3 Å². The van der Waals surface area contributed by atoms with Gasteiger partial charge in [-0.25, -0.2) is 8.42 Å². The lowest BCUT2D eigenvalue weighted by Gasteiger charge is -2.17. The molecular formula is C13H17N3O2S2. The molecule has 0 saturated carbocycles. The fourth-order valence-electron chi connectivity index (χ4n) is 1.82. The molecule has 5 nitrogen and oxygen atoms in total. The molecule has 7 heteroatoms. The zero-order valence-electron chi connectivity index (χ0n) is 11.4. The van der Waals surface area contributed by atoms with Crippen LogP contribution in [0.25, 0.3) is 0 Å². The van der Waals surface area contributed by atoms with E-state index >= 15 is 0 Å². The highest BCUT2D eigenvalue weighted by Gasteiger charge is 2.24. The van der Waals surface area contributed by atoms with Crippen molar-refractivity contribution in [3.63, 3.8) is 0 Å². The molecule has 0 aliphatic rings. The minimum atomic E-state index is -3.48. The van der Waals surface area contributed by atoms with Gasteiger partial charge in [-0.15, -0.1) is 11.3 Å². The van der Waals surface area contributed by atoms with Crippen LogP contribution in [0.2, 0.25) is 0 Å². The number of thiophene rings is 1.